The van der Waals surface area contributed by atoms with E-state index in [-0.39, 0.29) is 32.1 Å². The molecule has 0 radical (unpaired) electrons. The first-order valence-corrected chi connectivity index (χ1v) is 11.0. The van der Waals surface area contributed by atoms with Crippen molar-refractivity contribution in [2.45, 2.75) is 30.8 Å². The van der Waals surface area contributed by atoms with Gasteiger partial charge in [-0.1, -0.05) is 41.4 Å². The smallest absolute Gasteiger partial charge is 0.263 e. The van der Waals surface area contributed by atoms with E-state index < -0.39 is 16.1 Å². The number of para-hydroxylation sites is 1. The van der Waals surface area contributed by atoms with E-state index in [1.54, 1.807) is 30.0 Å². The van der Waals surface area contributed by atoms with Crippen LogP contribution in [0.25, 0.3) is 0 Å². The van der Waals surface area contributed by atoms with Gasteiger partial charge in [0.2, 0.25) is 0 Å². The lowest BCUT2D eigenvalue weighted by Gasteiger charge is -2.30. The van der Waals surface area contributed by atoms with Crippen molar-refractivity contribution in [2.24, 2.45) is 0 Å². The van der Waals surface area contributed by atoms with Crippen LogP contribution >= 0.6 is 23.2 Å². The molecule has 0 unspecified atom stereocenters. The first kappa shape index (κ1) is 20.9. The van der Waals surface area contributed by atoms with Crippen molar-refractivity contribution < 1.29 is 18.3 Å². The molecule has 0 atom stereocenters. The molecule has 0 aliphatic carbocycles. The lowest BCUT2D eigenvalue weighted by atomic mass is 10.0. The molecule has 1 amide bonds. The van der Waals surface area contributed by atoms with Crippen molar-refractivity contribution in [1.82, 2.24) is 4.90 Å². The number of benzene rings is 2. The van der Waals surface area contributed by atoms with E-state index in [4.69, 9.17) is 23.2 Å². The van der Waals surface area contributed by atoms with Crippen LogP contribution in [0.15, 0.2) is 41.3 Å². The predicted molar refractivity (Wildman–Crippen MR) is 110 cm³/mol. The van der Waals surface area contributed by atoms with Crippen LogP contribution in [0.4, 0.5) is 5.69 Å². The number of aryl methyl sites for hydroxylation is 1. The first-order chi connectivity index (χ1) is 13.2. The number of nitrogens with zero attached hydrogens (tertiary/aromatic N) is 1. The largest absolute Gasteiger partial charge is 0.393 e. The second-order valence-corrected chi connectivity index (χ2v) is 9.11. The quantitative estimate of drug-likeness (QED) is 0.755. The average Bonchev–Trinajstić information content (AvgIpc) is 2.65. The Kier molecular flexibility index (Phi) is 6.19. The van der Waals surface area contributed by atoms with Crippen molar-refractivity contribution in [1.29, 1.82) is 0 Å². The zero-order valence-electron chi connectivity index (χ0n) is 15.2. The molecule has 2 aromatic carbocycles. The molecule has 9 heteroatoms. The van der Waals surface area contributed by atoms with Crippen LogP contribution in [0.2, 0.25) is 10.0 Å². The Labute approximate surface area is 174 Å². The lowest BCUT2D eigenvalue weighted by Crippen LogP contribution is -2.40. The molecule has 0 saturated carbocycles. The third kappa shape index (κ3) is 4.27. The van der Waals surface area contributed by atoms with Gasteiger partial charge in [0.25, 0.3) is 15.9 Å². The number of rotatable bonds is 4. The van der Waals surface area contributed by atoms with E-state index in [0.717, 1.165) is 0 Å². The average molecular weight is 443 g/mol. The summed E-state index contributed by atoms with van der Waals surface area (Å²) in [7, 11) is -4.06. The molecule has 1 heterocycles. The van der Waals surface area contributed by atoms with Gasteiger partial charge in [0.1, 0.15) is 4.90 Å². The Morgan fingerprint density at radius 3 is 2.46 bits per heavy atom. The highest BCUT2D eigenvalue weighted by Gasteiger charge is 2.27. The Morgan fingerprint density at radius 2 is 1.79 bits per heavy atom. The molecule has 1 aliphatic rings. The maximum Gasteiger partial charge on any atom is 0.263 e. The number of amides is 1. The van der Waals surface area contributed by atoms with Gasteiger partial charge in [-0.25, -0.2) is 8.42 Å². The van der Waals surface area contributed by atoms with Crippen LogP contribution in [-0.4, -0.2) is 43.5 Å². The van der Waals surface area contributed by atoms with Crippen molar-refractivity contribution >= 4 is 44.8 Å². The Bertz CT molecular complexity index is 1000. The SMILES string of the molecule is Cc1cccc(C(=O)N2CCC(O)CC2)c1NS(=O)(=O)c1cccc(Cl)c1Cl. The van der Waals surface area contributed by atoms with Gasteiger partial charge in [0.15, 0.2) is 0 Å². The monoisotopic (exact) mass is 442 g/mol. The number of halogens is 2. The van der Waals surface area contributed by atoms with Crippen LogP contribution < -0.4 is 4.72 Å². The summed E-state index contributed by atoms with van der Waals surface area (Å²) in [6.07, 6.45) is 0.581. The minimum atomic E-state index is -4.06. The Hall–Kier alpha value is -1.80. The van der Waals surface area contributed by atoms with E-state index in [0.29, 0.717) is 31.5 Å². The number of hydrogen-bond donors (Lipinski definition) is 2. The number of sulfonamides is 1. The second-order valence-electron chi connectivity index (χ2n) is 6.68. The molecule has 0 aromatic heterocycles. The zero-order chi connectivity index (χ0) is 20.5. The Morgan fingerprint density at radius 1 is 1.14 bits per heavy atom. The fourth-order valence-electron chi connectivity index (χ4n) is 3.10. The number of aliphatic hydroxyl groups is 1. The zero-order valence-corrected chi connectivity index (χ0v) is 17.5. The number of anilines is 1. The van der Waals surface area contributed by atoms with Crippen LogP contribution in [-0.2, 0) is 10.0 Å². The fourth-order valence-corrected chi connectivity index (χ4v) is 5.02. The van der Waals surface area contributed by atoms with Crippen LogP contribution in [0.5, 0.6) is 0 Å². The molecular formula is C19H20Cl2N2O4S. The summed E-state index contributed by atoms with van der Waals surface area (Å²) >= 11 is 12.0. The van der Waals surface area contributed by atoms with E-state index in [2.05, 4.69) is 4.72 Å². The van der Waals surface area contributed by atoms with Gasteiger partial charge in [-0.2, -0.15) is 0 Å². The minimum absolute atomic E-state index is 0.0804. The van der Waals surface area contributed by atoms with Gasteiger partial charge < -0.3 is 10.0 Å². The maximum atomic E-state index is 13.0. The summed E-state index contributed by atoms with van der Waals surface area (Å²) in [6, 6.07) is 9.34. The third-order valence-corrected chi connectivity index (χ3v) is 7.02. The summed E-state index contributed by atoms with van der Waals surface area (Å²) in [5, 5.41) is 9.69. The van der Waals surface area contributed by atoms with Crippen molar-refractivity contribution in [3.05, 3.63) is 57.6 Å². The number of carbonyl (C=O) groups is 1. The summed E-state index contributed by atoms with van der Waals surface area (Å²) in [6.45, 7) is 2.55. The maximum absolute atomic E-state index is 13.0. The second kappa shape index (κ2) is 8.29. The molecule has 28 heavy (non-hydrogen) atoms. The number of piperidine rings is 1. The molecule has 3 rings (SSSR count). The first-order valence-electron chi connectivity index (χ1n) is 8.74. The van der Waals surface area contributed by atoms with E-state index in [9.17, 15) is 18.3 Å². The van der Waals surface area contributed by atoms with Gasteiger partial charge in [0, 0.05) is 13.1 Å². The van der Waals surface area contributed by atoms with E-state index >= 15 is 0 Å². The van der Waals surface area contributed by atoms with Crippen molar-refractivity contribution in [3.8, 4) is 0 Å². The molecule has 0 bridgehead atoms. The minimum Gasteiger partial charge on any atom is -0.393 e. The molecule has 1 aliphatic heterocycles. The van der Waals surface area contributed by atoms with Crippen LogP contribution in [0.3, 0.4) is 0 Å². The molecule has 6 nitrogen and oxygen atoms in total. The van der Waals surface area contributed by atoms with Gasteiger partial charge in [-0.15, -0.1) is 0 Å². The topological polar surface area (TPSA) is 86.7 Å². The lowest BCUT2D eigenvalue weighted by molar-refractivity contribution is 0.0547. The standard InChI is InChI=1S/C19H20Cl2N2O4S/c1-12-4-2-5-14(19(25)23-10-8-13(24)9-11-23)18(12)22-28(26,27)16-7-3-6-15(20)17(16)21/h2-7,13,22,24H,8-11H2,1H3. The fraction of sp³-hybridized carbons (Fsp3) is 0.316. The number of hydrogen-bond acceptors (Lipinski definition) is 4. The highest BCUT2D eigenvalue weighted by atomic mass is 35.5. The van der Waals surface area contributed by atoms with Crippen molar-refractivity contribution in [2.75, 3.05) is 17.8 Å². The molecule has 1 fully saturated rings. The highest BCUT2D eigenvalue weighted by molar-refractivity contribution is 7.92. The number of aliphatic hydroxyl groups excluding tert-OH is 1. The molecular weight excluding hydrogens is 423 g/mol. The molecule has 1 saturated heterocycles. The number of nitrogens with one attached hydrogen (secondary N) is 1. The van der Waals surface area contributed by atoms with E-state index in [1.807, 2.05) is 0 Å². The summed E-state index contributed by atoms with van der Waals surface area (Å²) in [4.78, 5) is 14.4. The predicted octanol–water partition coefficient (Wildman–Crippen LogP) is 3.70. The molecule has 2 N–H and O–H groups in total. The summed E-state index contributed by atoms with van der Waals surface area (Å²) in [5.41, 5.74) is 1.05. The van der Waals surface area contributed by atoms with Gasteiger partial charge >= 0.3 is 0 Å². The summed E-state index contributed by atoms with van der Waals surface area (Å²) < 4.78 is 28.3. The number of likely N-dealkylation sites (tertiary alicyclic amines) is 1. The van der Waals surface area contributed by atoms with Gasteiger partial charge in [-0.05, 0) is 43.5 Å². The van der Waals surface area contributed by atoms with Crippen molar-refractivity contribution in [3.63, 3.8) is 0 Å². The molecule has 150 valence electrons. The van der Waals surface area contributed by atoms with Gasteiger partial charge in [0.05, 0.1) is 27.4 Å². The van der Waals surface area contributed by atoms with Crippen LogP contribution in [0.1, 0.15) is 28.8 Å². The van der Waals surface area contributed by atoms with E-state index in [1.165, 1.54) is 18.2 Å². The third-order valence-electron chi connectivity index (χ3n) is 4.70. The molecule has 0 spiro atoms. The molecule has 2 aromatic rings. The highest BCUT2D eigenvalue weighted by Crippen LogP contribution is 2.32. The normalized spacial score (nSPS) is 15.5. The van der Waals surface area contributed by atoms with Crippen LogP contribution in [0, 0.1) is 6.92 Å². The Balaban J connectivity index is 1.96. The number of carbonyl (C=O) groups excluding carboxylic acids is 1. The van der Waals surface area contributed by atoms with Gasteiger partial charge in [-0.3, -0.25) is 9.52 Å². The summed E-state index contributed by atoms with van der Waals surface area (Å²) in [5.74, 6) is -0.287.